The Bertz CT molecular complexity index is 584. The Balaban J connectivity index is 1.81. The summed E-state index contributed by atoms with van der Waals surface area (Å²) < 4.78 is 33.6. The van der Waals surface area contributed by atoms with Crippen LogP contribution in [0.3, 0.4) is 0 Å². The van der Waals surface area contributed by atoms with E-state index in [9.17, 15) is 8.42 Å². The number of rotatable bonds is 5. The van der Waals surface area contributed by atoms with Gasteiger partial charge in [0.15, 0.2) is 0 Å². The molecule has 2 unspecified atom stereocenters. The van der Waals surface area contributed by atoms with Gasteiger partial charge in [-0.25, -0.2) is 13.1 Å². The van der Waals surface area contributed by atoms with Crippen LogP contribution in [-0.4, -0.2) is 34.2 Å². The van der Waals surface area contributed by atoms with E-state index in [4.69, 9.17) is 4.74 Å². The second-order valence-corrected chi connectivity index (χ2v) is 7.12. The average molecular weight is 296 g/mol. The molecule has 0 radical (unpaired) electrons. The molecule has 0 aromatic heterocycles. The zero-order chi connectivity index (χ0) is 14.2. The Morgan fingerprint density at radius 3 is 2.65 bits per heavy atom. The third-order valence-electron chi connectivity index (χ3n) is 3.97. The Kier molecular flexibility index (Phi) is 3.70. The van der Waals surface area contributed by atoms with E-state index in [1.54, 1.807) is 25.2 Å². The molecule has 0 spiro atoms. The van der Waals surface area contributed by atoms with E-state index in [0.29, 0.717) is 23.1 Å². The fourth-order valence-electron chi connectivity index (χ4n) is 2.80. The van der Waals surface area contributed by atoms with Crippen molar-refractivity contribution in [1.82, 2.24) is 4.72 Å². The van der Waals surface area contributed by atoms with Gasteiger partial charge in [0.1, 0.15) is 4.90 Å². The maximum Gasteiger partial charge on any atom is 0.242 e. The zero-order valence-electron chi connectivity index (χ0n) is 11.5. The molecular weight excluding hydrogens is 276 g/mol. The SMILES string of the molecule is CNc1ccccc1S(=O)(=O)NC1CCOC1C1CC1. The normalized spacial score (nSPS) is 26.6. The largest absolute Gasteiger partial charge is 0.387 e. The molecular formula is C14H20N2O3S. The lowest BCUT2D eigenvalue weighted by atomic mass is 10.1. The van der Waals surface area contributed by atoms with Gasteiger partial charge in [-0.3, -0.25) is 0 Å². The molecule has 2 N–H and O–H groups in total. The second-order valence-electron chi connectivity index (χ2n) is 5.44. The van der Waals surface area contributed by atoms with Crippen LogP contribution in [0.5, 0.6) is 0 Å². The van der Waals surface area contributed by atoms with Crippen LogP contribution < -0.4 is 10.0 Å². The molecule has 2 fully saturated rings. The fourth-order valence-corrected chi connectivity index (χ4v) is 4.29. The molecule has 1 aromatic carbocycles. The van der Waals surface area contributed by atoms with E-state index < -0.39 is 10.0 Å². The third kappa shape index (κ3) is 2.68. The second kappa shape index (κ2) is 5.35. The molecule has 20 heavy (non-hydrogen) atoms. The molecule has 1 saturated carbocycles. The van der Waals surface area contributed by atoms with Gasteiger partial charge in [0, 0.05) is 13.7 Å². The number of anilines is 1. The summed E-state index contributed by atoms with van der Waals surface area (Å²) in [7, 11) is -1.80. The number of nitrogens with one attached hydrogen (secondary N) is 2. The lowest BCUT2D eigenvalue weighted by molar-refractivity contribution is 0.0848. The van der Waals surface area contributed by atoms with Crippen molar-refractivity contribution in [2.75, 3.05) is 19.0 Å². The Hall–Kier alpha value is -1.11. The highest BCUT2D eigenvalue weighted by Crippen LogP contribution is 2.39. The number of hydrogen-bond donors (Lipinski definition) is 2. The van der Waals surface area contributed by atoms with Gasteiger partial charge in [0.25, 0.3) is 0 Å². The van der Waals surface area contributed by atoms with Crippen LogP contribution in [0.4, 0.5) is 5.69 Å². The first-order valence-electron chi connectivity index (χ1n) is 7.02. The summed E-state index contributed by atoms with van der Waals surface area (Å²) in [6.07, 6.45) is 3.10. The Morgan fingerprint density at radius 2 is 1.95 bits per heavy atom. The van der Waals surface area contributed by atoms with Gasteiger partial charge in [-0.15, -0.1) is 0 Å². The molecule has 0 amide bonds. The first-order chi connectivity index (χ1) is 9.62. The van der Waals surface area contributed by atoms with Crippen molar-refractivity contribution in [1.29, 1.82) is 0 Å². The van der Waals surface area contributed by atoms with Crippen molar-refractivity contribution in [2.45, 2.75) is 36.3 Å². The molecule has 1 saturated heterocycles. The molecule has 1 aliphatic carbocycles. The summed E-state index contributed by atoms with van der Waals surface area (Å²) in [4.78, 5) is 0.295. The first kappa shape index (κ1) is 13.9. The average Bonchev–Trinajstić information content (AvgIpc) is 3.19. The number of para-hydroxylation sites is 1. The van der Waals surface area contributed by atoms with E-state index in [1.165, 1.54) is 0 Å². The van der Waals surface area contributed by atoms with Gasteiger partial charge in [0.05, 0.1) is 17.8 Å². The van der Waals surface area contributed by atoms with Crippen LogP contribution in [0.15, 0.2) is 29.2 Å². The van der Waals surface area contributed by atoms with Crippen LogP contribution in [0.2, 0.25) is 0 Å². The molecule has 110 valence electrons. The highest BCUT2D eigenvalue weighted by atomic mass is 32.2. The van der Waals surface area contributed by atoms with Crippen molar-refractivity contribution in [3.8, 4) is 0 Å². The van der Waals surface area contributed by atoms with Crippen LogP contribution in [0.1, 0.15) is 19.3 Å². The smallest absolute Gasteiger partial charge is 0.242 e. The lowest BCUT2D eigenvalue weighted by Gasteiger charge is -2.20. The van der Waals surface area contributed by atoms with Crippen LogP contribution in [0, 0.1) is 5.92 Å². The monoisotopic (exact) mass is 296 g/mol. The molecule has 1 aliphatic heterocycles. The molecule has 2 atom stereocenters. The molecule has 5 nitrogen and oxygen atoms in total. The van der Waals surface area contributed by atoms with E-state index in [-0.39, 0.29) is 12.1 Å². The van der Waals surface area contributed by atoms with Crippen molar-refractivity contribution in [3.05, 3.63) is 24.3 Å². The standard InChI is InChI=1S/C14H20N2O3S/c1-15-11-4-2-3-5-13(11)20(17,18)16-12-8-9-19-14(12)10-6-7-10/h2-5,10,12,14-16H,6-9H2,1H3. The van der Waals surface area contributed by atoms with Crippen molar-refractivity contribution < 1.29 is 13.2 Å². The minimum absolute atomic E-state index is 0.0477. The van der Waals surface area contributed by atoms with E-state index >= 15 is 0 Å². The van der Waals surface area contributed by atoms with Gasteiger partial charge in [-0.1, -0.05) is 12.1 Å². The summed E-state index contributed by atoms with van der Waals surface area (Å²) >= 11 is 0. The molecule has 6 heteroatoms. The number of hydrogen-bond acceptors (Lipinski definition) is 4. The highest BCUT2D eigenvalue weighted by molar-refractivity contribution is 7.89. The fraction of sp³-hybridized carbons (Fsp3) is 0.571. The Morgan fingerprint density at radius 1 is 1.20 bits per heavy atom. The Labute approximate surface area is 119 Å². The van der Waals surface area contributed by atoms with Crippen molar-refractivity contribution in [3.63, 3.8) is 0 Å². The summed E-state index contributed by atoms with van der Waals surface area (Å²) in [5, 5.41) is 2.92. The van der Waals surface area contributed by atoms with E-state index in [0.717, 1.165) is 19.3 Å². The van der Waals surface area contributed by atoms with Gasteiger partial charge in [-0.2, -0.15) is 0 Å². The number of benzene rings is 1. The van der Waals surface area contributed by atoms with E-state index in [2.05, 4.69) is 10.0 Å². The summed E-state index contributed by atoms with van der Waals surface area (Å²) in [5.41, 5.74) is 0.613. The van der Waals surface area contributed by atoms with Gasteiger partial charge >= 0.3 is 0 Å². The lowest BCUT2D eigenvalue weighted by Crippen LogP contribution is -2.41. The zero-order valence-corrected chi connectivity index (χ0v) is 12.3. The highest BCUT2D eigenvalue weighted by Gasteiger charge is 2.42. The van der Waals surface area contributed by atoms with Gasteiger partial charge < -0.3 is 10.1 Å². The minimum atomic E-state index is -3.52. The van der Waals surface area contributed by atoms with Crippen molar-refractivity contribution >= 4 is 15.7 Å². The third-order valence-corrected chi connectivity index (χ3v) is 5.52. The molecule has 0 bridgehead atoms. The van der Waals surface area contributed by atoms with Crippen LogP contribution in [0.25, 0.3) is 0 Å². The number of sulfonamides is 1. The predicted molar refractivity (Wildman–Crippen MR) is 77.2 cm³/mol. The summed E-state index contributed by atoms with van der Waals surface area (Å²) in [5.74, 6) is 0.532. The van der Waals surface area contributed by atoms with Gasteiger partial charge in [-0.05, 0) is 37.3 Å². The molecule has 1 aromatic rings. The summed E-state index contributed by atoms with van der Waals surface area (Å²) in [6, 6.07) is 6.83. The molecule has 3 rings (SSSR count). The van der Waals surface area contributed by atoms with Crippen LogP contribution >= 0.6 is 0 Å². The molecule has 2 aliphatic rings. The topological polar surface area (TPSA) is 67.4 Å². The quantitative estimate of drug-likeness (QED) is 0.865. The van der Waals surface area contributed by atoms with E-state index in [1.807, 2.05) is 6.07 Å². The first-order valence-corrected chi connectivity index (χ1v) is 8.51. The maximum atomic E-state index is 12.5. The summed E-state index contributed by atoms with van der Waals surface area (Å²) in [6.45, 7) is 0.641. The van der Waals surface area contributed by atoms with Crippen LogP contribution in [-0.2, 0) is 14.8 Å². The van der Waals surface area contributed by atoms with Gasteiger partial charge in [0.2, 0.25) is 10.0 Å². The minimum Gasteiger partial charge on any atom is -0.387 e. The maximum absolute atomic E-state index is 12.5. The van der Waals surface area contributed by atoms with Crippen molar-refractivity contribution in [2.24, 2.45) is 5.92 Å². The molecule has 1 heterocycles. The predicted octanol–water partition coefficient (Wildman–Crippen LogP) is 1.57. The number of ether oxygens (including phenoxy) is 1.